The van der Waals surface area contributed by atoms with E-state index in [0.29, 0.717) is 0 Å². The molecule has 9 nitrogen and oxygen atoms in total. The number of phenolic OH excluding ortho intramolecular Hbond substituents is 1. The first kappa shape index (κ1) is 23.1. The van der Waals surface area contributed by atoms with E-state index >= 15 is 0 Å². The van der Waals surface area contributed by atoms with E-state index in [1.807, 2.05) is 0 Å². The monoisotopic (exact) mass is 481 g/mol. The van der Waals surface area contributed by atoms with Crippen molar-refractivity contribution in [2.24, 2.45) is 0 Å². The van der Waals surface area contributed by atoms with Gasteiger partial charge >= 0.3 is 6.61 Å². The second-order valence-electron chi connectivity index (χ2n) is 6.19. The largest absolute Gasteiger partial charge is 0.506 e. The van der Waals surface area contributed by atoms with Crippen LogP contribution in [0.1, 0.15) is 5.56 Å². The summed E-state index contributed by atoms with van der Waals surface area (Å²) in [6.45, 7) is -3.54. The van der Waals surface area contributed by atoms with Crippen molar-refractivity contribution in [3.8, 4) is 11.5 Å². The number of nitrogens with one attached hydrogen (secondary N) is 1. The molecule has 1 aliphatic rings. The average molecular weight is 481 g/mol. The van der Waals surface area contributed by atoms with Crippen LogP contribution in [0.4, 0.5) is 20.2 Å². The van der Waals surface area contributed by atoms with Crippen molar-refractivity contribution in [3.05, 3.63) is 63.0 Å². The molecular weight excluding hydrogens is 468 g/mol. The SMILES string of the molecule is O=C(CN1C(=O)/C(=C/c2ccccc2OC(F)F)SC1=S)Nc1ccc([N+](=O)[O-])cc1O. The number of rotatable bonds is 7. The molecule has 0 radical (unpaired) electrons. The first-order valence-corrected chi connectivity index (χ1v) is 9.94. The Balaban J connectivity index is 1.72. The lowest BCUT2D eigenvalue weighted by Crippen LogP contribution is -2.36. The number of hydrogen-bond acceptors (Lipinski definition) is 8. The molecule has 1 aliphatic heterocycles. The molecule has 0 saturated carbocycles. The summed E-state index contributed by atoms with van der Waals surface area (Å²) in [6, 6.07) is 8.99. The molecule has 2 N–H and O–H groups in total. The fraction of sp³-hybridized carbons (Fsp3) is 0.105. The van der Waals surface area contributed by atoms with E-state index in [1.165, 1.54) is 24.3 Å². The highest BCUT2D eigenvalue weighted by atomic mass is 32.2. The lowest BCUT2D eigenvalue weighted by Gasteiger charge is -2.14. The third-order valence-electron chi connectivity index (χ3n) is 4.06. The quantitative estimate of drug-likeness (QED) is 0.202. The van der Waals surface area contributed by atoms with Crippen LogP contribution in [-0.4, -0.2) is 44.2 Å². The molecule has 2 aromatic carbocycles. The van der Waals surface area contributed by atoms with Crippen LogP contribution in [0.25, 0.3) is 6.08 Å². The number of hydrogen-bond donors (Lipinski definition) is 2. The fourth-order valence-electron chi connectivity index (χ4n) is 2.65. The number of thiocarbonyl (C=S) groups is 1. The maximum absolute atomic E-state index is 12.7. The lowest BCUT2D eigenvalue weighted by molar-refractivity contribution is -0.384. The summed E-state index contributed by atoms with van der Waals surface area (Å²) in [4.78, 5) is 36.1. The number of alkyl halides is 2. The molecule has 0 unspecified atom stereocenters. The van der Waals surface area contributed by atoms with Gasteiger partial charge in [-0.2, -0.15) is 8.78 Å². The van der Waals surface area contributed by atoms with Gasteiger partial charge in [-0.05, 0) is 18.2 Å². The zero-order valence-electron chi connectivity index (χ0n) is 15.9. The zero-order valence-corrected chi connectivity index (χ0v) is 17.5. The highest BCUT2D eigenvalue weighted by Crippen LogP contribution is 2.34. The minimum Gasteiger partial charge on any atom is -0.506 e. The van der Waals surface area contributed by atoms with Crippen molar-refractivity contribution < 1.29 is 33.1 Å². The topological polar surface area (TPSA) is 122 Å². The molecular formula is C19H13F2N3O6S2. The number of amides is 2. The predicted octanol–water partition coefficient (Wildman–Crippen LogP) is 3.74. The molecule has 3 rings (SSSR count). The van der Waals surface area contributed by atoms with Gasteiger partial charge in [-0.3, -0.25) is 24.6 Å². The number of non-ortho nitro benzene ring substituents is 1. The number of anilines is 1. The summed E-state index contributed by atoms with van der Waals surface area (Å²) in [6.07, 6.45) is 1.33. The molecule has 166 valence electrons. The number of benzene rings is 2. The van der Waals surface area contributed by atoms with E-state index in [-0.39, 0.29) is 31.9 Å². The molecule has 1 heterocycles. The van der Waals surface area contributed by atoms with Crippen LogP contribution in [0.15, 0.2) is 47.4 Å². The molecule has 2 amide bonds. The number of nitro benzene ring substituents is 1. The number of carbonyl (C=O) groups is 2. The normalized spacial score (nSPS) is 14.8. The van der Waals surface area contributed by atoms with Crippen LogP contribution < -0.4 is 10.1 Å². The second-order valence-corrected chi connectivity index (χ2v) is 7.87. The standard InChI is InChI=1S/C19H13F2N3O6S2/c20-18(21)30-14-4-2-1-3-10(14)7-15-17(27)23(19(31)32-15)9-16(26)22-12-6-5-11(24(28)29)8-13(12)25/h1-8,18,25H,9H2,(H,22,26)/b15-7-. The van der Waals surface area contributed by atoms with Crippen molar-refractivity contribution in [2.45, 2.75) is 6.61 Å². The first-order chi connectivity index (χ1) is 15.2. The third-order valence-corrected chi connectivity index (χ3v) is 5.44. The van der Waals surface area contributed by atoms with Crippen molar-refractivity contribution >= 4 is 57.6 Å². The highest BCUT2D eigenvalue weighted by Gasteiger charge is 2.33. The minimum absolute atomic E-state index is 0.0663. The van der Waals surface area contributed by atoms with E-state index in [4.69, 9.17) is 12.2 Å². The smallest absolute Gasteiger partial charge is 0.387 e. The van der Waals surface area contributed by atoms with Crippen LogP contribution in [-0.2, 0) is 9.59 Å². The van der Waals surface area contributed by atoms with Gasteiger partial charge < -0.3 is 15.2 Å². The Hall–Kier alpha value is -3.58. The van der Waals surface area contributed by atoms with Crippen LogP contribution in [0.5, 0.6) is 11.5 Å². The van der Waals surface area contributed by atoms with Gasteiger partial charge in [-0.15, -0.1) is 0 Å². The Labute approximate surface area is 188 Å². The third kappa shape index (κ3) is 5.36. The summed E-state index contributed by atoms with van der Waals surface area (Å²) < 4.78 is 29.7. The number of aromatic hydroxyl groups is 1. The van der Waals surface area contributed by atoms with Crippen LogP contribution in [0, 0.1) is 10.1 Å². The number of thioether (sulfide) groups is 1. The van der Waals surface area contributed by atoms with Crippen molar-refractivity contribution in [1.82, 2.24) is 4.90 Å². The van der Waals surface area contributed by atoms with E-state index < -0.39 is 35.6 Å². The Morgan fingerprint density at radius 3 is 2.72 bits per heavy atom. The number of ether oxygens (including phenoxy) is 1. The van der Waals surface area contributed by atoms with E-state index in [2.05, 4.69) is 10.1 Å². The Morgan fingerprint density at radius 1 is 1.34 bits per heavy atom. The van der Waals surface area contributed by atoms with E-state index in [1.54, 1.807) is 6.07 Å². The maximum atomic E-state index is 12.7. The molecule has 0 aliphatic carbocycles. The Kier molecular flexibility index (Phi) is 7.00. The van der Waals surface area contributed by atoms with Gasteiger partial charge in [0.05, 0.1) is 21.6 Å². The van der Waals surface area contributed by atoms with Gasteiger partial charge in [0.2, 0.25) is 5.91 Å². The molecule has 32 heavy (non-hydrogen) atoms. The van der Waals surface area contributed by atoms with Gasteiger partial charge in [-0.1, -0.05) is 42.2 Å². The molecule has 0 atom stereocenters. The van der Waals surface area contributed by atoms with Gasteiger partial charge in [0.1, 0.15) is 22.4 Å². The van der Waals surface area contributed by atoms with Gasteiger partial charge in [0.25, 0.3) is 11.6 Å². The van der Waals surface area contributed by atoms with Crippen molar-refractivity contribution in [2.75, 3.05) is 11.9 Å². The van der Waals surface area contributed by atoms with Crippen LogP contribution >= 0.6 is 24.0 Å². The predicted molar refractivity (Wildman–Crippen MR) is 116 cm³/mol. The summed E-state index contributed by atoms with van der Waals surface area (Å²) in [7, 11) is 0. The van der Waals surface area contributed by atoms with Gasteiger partial charge in [-0.25, -0.2) is 0 Å². The molecule has 1 fully saturated rings. The Morgan fingerprint density at radius 2 is 2.06 bits per heavy atom. The minimum atomic E-state index is -3.04. The van der Waals surface area contributed by atoms with Gasteiger partial charge in [0.15, 0.2) is 0 Å². The molecule has 13 heteroatoms. The first-order valence-electron chi connectivity index (χ1n) is 8.72. The molecule has 0 aromatic heterocycles. The van der Waals surface area contributed by atoms with Crippen LogP contribution in [0.3, 0.4) is 0 Å². The summed E-state index contributed by atoms with van der Waals surface area (Å²) >= 11 is 6.02. The molecule has 1 saturated heterocycles. The summed E-state index contributed by atoms with van der Waals surface area (Å²) in [5, 5.41) is 22.9. The van der Waals surface area contributed by atoms with Crippen molar-refractivity contribution in [3.63, 3.8) is 0 Å². The van der Waals surface area contributed by atoms with E-state index in [9.17, 15) is 33.6 Å². The molecule has 0 spiro atoms. The molecule has 2 aromatic rings. The Bertz CT molecular complexity index is 1140. The van der Waals surface area contributed by atoms with E-state index in [0.717, 1.165) is 34.9 Å². The van der Waals surface area contributed by atoms with Crippen LogP contribution in [0.2, 0.25) is 0 Å². The zero-order chi connectivity index (χ0) is 23.4. The number of nitro groups is 1. The number of nitrogens with zero attached hydrogens (tertiary/aromatic N) is 2. The number of para-hydroxylation sites is 1. The highest BCUT2D eigenvalue weighted by molar-refractivity contribution is 8.26. The van der Waals surface area contributed by atoms with Crippen molar-refractivity contribution in [1.29, 1.82) is 0 Å². The second kappa shape index (κ2) is 9.70. The van der Waals surface area contributed by atoms with Gasteiger partial charge in [0, 0.05) is 11.6 Å². The maximum Gasteiger partial charge on any atom is 0.387 e. The number of phenols is 1. The summed E-state index contributed by atoms with van der Waals surface area (Å²) in [5.41, 5.74) is -0.216. The average Bonchev–Trinajstić information content (AvgIpc) is 2.98. The number of halogens is 2. The fourth-order valence-corrected chi connectivity index (χ4v) is 3.90. The summed E-state index contributed by atoms with van der Waals surface area (Å²) in [5.74, 6) is -1.98. The molecule has 0 bridgehead atoms. The number of carbonyl (C=O) groups excluding carboxylic acids is 2. The lowest BCUT2D eigenvalue weighted by atomic mass is 10.2.